The lowest BCUT2D eigenvalue weighted by molar-refractivity contribution is -0.142. The van der Waals surface area contributed by atoms with Crippen LogP contribution < -0.4 is 10.1 Å². The summed E-state index contributed by atoms with van der Waals surface area (Å²) < 4.78 is 10.4. The first kappa shape index (κ1) is 14.3. The van der Waals surface area contributed by atoms with Gasteiger partial charge in [-0.1, -0.05) is 12.1 Å². The van der Waals surface area contributed by atoms with Crippen LogP contribution in [-0.4, -0.2) is 42.8 Å². The molecule has 0 aliphatic carbocycles. The fourth-order valence-electron chi connectivity index (χ4n) is 2.17. The lowest BCUT2D eigenvalue weighted by Crippen LogP contribution is -2.31. The summed E-state index contributed by atoms with van der Waals surface area (Å²) in [6.07, 6.45) is 0.462. The van der Waals surface area contributed by atoms with E-state index in [2.05, 4.69) is 10.1 Å². The van der Waals surface area contributed by atoms with Gasteiger partial charge in [-0.2, -0.15) is 0 Å². The van der Waals surface area contributed by atoms with Gasteiger partial charge >= 0.3 is 11.9 Å². The molecule has 1 aromatic rings. The van der Waals surface area contributed by atoms with Gasteiger partial charge in [0, 0.05) is 13.0 Å². The highest BCUT2D eigenvalue weighted by Gasteiger charge is 2.31. The Hall–Kier alpha value is -2.08. The van der Waals surface area contributed by atoms with Gasteiger partial charge < -0.3 is 19.9 Å². The van der Waals surface area contributed by atoms with Crippen molar-refractivity contribution in [3.05, 3.63) is 29.8 Å². The maximum Gasteiger partial charge on any atom is 0.323 e. The van der Waals surface area contributed by atoms with Crippen molar-refractivity contribution in [2.75, 3.05) is 13.7 Å². The van der Waals surface area contributed by atoms with Crippen molar-refractivity contribution in [1.29, 1.82) is 0 Å². The maximum atomic E-state index is 11.4. The third-order valence-electron chi connectivity index (χ3n) is 3.16. The fourth-order valence-corrected chi connectivity index (χ4v) is 2.17. The van der Waals surface area contributed by atoms with Crippen LogP contribution in [0.2, 0.25) is 0 Å². The Morgan fingerprint density at radius 3 is 2.65 bits per heavy atom. The van der Waals surface area contributed by atoms with Gasteiger partial charge in [-0.25, -0.2) is 0 Å². The number of carboxylic acids is 1. The molecule has 0 spiro atoms. The highest BCUT2D eigenvalue weighted by molar-refractivity contribution is 5.76. The molecule has 1 heterocycles. The van der Waals surface area contributed by atoms with E-state index in [4.69, 9.17) is 9.84 Å². The monoisotopic (exact) mass is 279 g/mol. The standard InChI is InChI=1S/C14H17NO5/c1-19-14(18)12-7-11(8-15-12)20-10-4-2-9(3-5-10)6-13(16)17/h2-5,11-12,15H,6-8H2,1H3,(H,16,17)/t11-,12-/m0/s1. The Labute approximate surface area is 116 Å². The van der Waals surface area contributed by atoms with E-state index < -0.39 is 5.97 Å². The van der Waals surface area contributed by atoms with Gasteiger partial charge in [-0.05, 0) is 17.7 Å². The number of aliphatic carboxylic acids is 1. The molecule has 1 aromatic carbocycles. The highest BCUT2D eigenvalue weighted by Crippen LogP contribution is 2.18. The number of hydrogen-bond acceptors (Lipinski definition) is 5. The third-order valence-corrected chi connectivity index (χ3v) is 3.16. The second kappa shape index (κ2) is 6.38. The maximum absolute atomic E-state index is 11.4. The number of benzene rings is 1. The molecule has 2 N–H and O–H groups in total. The molecule has 2 atom stereocenters. The summed E-state index contributed by atoms with van der Waals surface area (Å²) >= 11 is 0. The predicted octanol–water partition coefficient (Wildman–Crippen LogP) is 0.596. The molecule has 108 valence electrons. The van der Waals surface area contributed by atoms with Gasteiger partial charge in [-0.15, -0.1) is 0 Å². The molecule has 1 aliphatic heterocycles. The zero-order valence-electron chi connectivity index (χ0n) is 11.2. The number of nitrogens with one attached hydrogen (secondary N) is 1. The largest absolute Gasteiger partial charge is 0.489 e. The lowest BCUT2D eigenvalue weighted by atomic mass is 10.1. The first-order valence-electron chi connectivity index (χ1n) is 6.37. The molecule has 0 aromatic heterocycles. The van der Waals surface area contributed by atoms with Crippen LogP contribution in [0.3, 0.4) is 0 Å². The molecule has 1 fully saturated rings. The Balaban J connectivity index is 1.88. The topological polar surface area (TPSA) is 84.9 Å². The quantitative estimate of drug-likeness (QED) is 0.768. The molecule has 6 nitrogen and oxygen atoms in total. The number of carboxylic acid groups (broad SMARTS) is 1. The van der Waals surface area contributed by atoms with E-state index >= 15 is 0 Å². The van der Waals surface area contributed by atoms with Crippen LogP contribution in [0.5, 0.6) is 5.75 Å². The van der Waals surface area contributed by atoms with Crippen molar-refractivity contribution in [3.8, 4) is 5.75 Å². The van der Waals surface area contributed by atoms with Crippen LogP contribution in [-0.2, 0) is 20.7 Å². The lowest BCUT2D eigenvalue weighted by Gasteiger charge is -2.13. The molecule has 2 rings (SSSR count). The van der Waals surface area contributed by atoms with E-state index in [1.165, 1.54) is 7.11 Å². The van der Waals surface area contributed by atoms with E-state index in [1.54, 1.807) is 24.3 Å². The minimum atomic E-state index is -0.861. The van der Waals surface area contributed by atoms with Gasteiger partial charge in [0.1, 0.15) is 17.9 Å². The minimum absolute atomic E-state index is 0.00429. The first-order chi connectivity index (χ1) is 9.58. The van der Waals surface area contributed by atoms with E-state index in [0.29, 0.717) is 18.7 Å². The summed E-state index contributed by atoms with van der Waals surface area (Å²) in [7, 11) is 1.36. The average molecular weight is 279 g/mol. The van der Waals surface area contributed by atoms with Crippen LogP contribution in [0.4, 0.5) is 0 Å². The zero-order valence-corrected chi connectivity index (χ0v) is 11.2. The number of rotatable bonds is 5. The number of ether oxygens (including phenoxy) is 2. The summed E-state index contributed by atoms with van der Waals surface area (Å²) in [5.74, 6) is -0.482. The van der Waals surface area contributed by atoms with Gasteiger partial charge in [0.25, 0.3) is 0 Å². The Bertz CT molecular complexity index is 485. The van der Waals surface area contributed by atoms with Crippen LogP contribution in [0, 0.1) is 0 Å². The third kappa shape index (κ3) is 3.71. The van der Waals surface area contributed by atoms with Crippen LogP contribution in [0.15, 0.2) is 24.3 Å². The van der Waals surface area contributed by atoms with E-state index in [-0.39, 0.29) is 24.5 Å². The van der Waals surface area contributed by atoms with Crippen molar-refractivity contribution in [2.24, 2.45) is 0 Å². The van der Waals surface area contributed by atoms with Gasteiger partial charge in [-0.3, -0.25) is 9.59 Å². The van der Waals surface area contributed by atoms with Crippen molar-refractivity contribution in [2.45, 2.75) is 25.0 Å². The molecule has 6 heteroatoms. The van der Waals surface area contributed by atoms with Gasteiger partial charge in [0.05, 0.1) is 13.5 Å². The summed E-state index contributed by atoms with van der Waals surface area (Å²) in [6, 6.07) is 6.61. The number of methoxy groups -OCH3 is 1. The highest BCUT2D eigenvalue weighted by atomic mass is 16.5. The second-order valence-corrected chi connectivity index (χ2v) is 4.67. The van der Waals surface area contributed by atoms with Crippen molar-refractivity contribution >= 4 is 11.9 Å². The molecule has 0 unspecified atom stereocenters. The van der Waals surface area contributed by atoms with Gasteiger partial charge in [0.2, 0.25) is 0 Å². The van der Waals surface area contributed by atoms with E-state index in [1.807, 2.05) is 0 Å². The summed E-state index contributed by atoms with van der Waals surface area (Å²) in [5, 5.41) is 11.7. The number of carbonyl (C=O) groups excluding carboxylic acids is 1. The normalized spacial score (nSPS) is 21.4. The first-order valence-corrected chi connectivity index (χ1v) is 6.37. The molecular formula is C14H17NO5. The van der Waals surface area contributed by atoms with Crippen LogP contribution >= 0.6 is 0 Å². The fraction of sp³-hybridized carbons (Fsp3) is 0.429. The summed E-state index contributed by atoms with van der Waals surface area (Å²) in [5.41, 5.74) is 0.724. The number of carbonyl (C=O) groups is 2. The molecule has 1 saturated heterocycles. The van der Waals surface area contributed by atoms with Crippen LogP contribution in [0.1, 0.15) is 12.0 Å². The second-order valence-electron chi connectivity index (χ2n) is 4.67. The number of hydrogen-bond donors (Lipinski definition) is 2. The van der Waals surface area contributed by atoms with Crippen LogP contribution in [0.25, 0.3) is 0 Å². The number of esters is 1. The van der Waals surface area contributed by atoms with Crippen molar-refractivity contribution < 1.29 is 24.2 Å². The average Bonchev–Trinajstić information content (AvgIpc) is 2.88. The van der Waals surface area contributed by atoms with Crippen molar-refractivity contribution in [1.82, 2.24) is 5.32 Å². The Morgan fingerprint density at radius 2 is 2.05 bits per heavy atom. The Kier molecular flexibility index (Phi) is 4.57. The predicted molar refractivity (Wildman–Crippen MR) is 70.6 cm³/mol. The molecule has 0 saturated carbocycles. The van der Waals surface area contributed by atoms with Crippen molar-refractivity contribution in [3.63, 3.8) is 0 Å². The zero-order chi connectivity index (χ0) is 14.5. The SMILES string of the molecule is COC(=O)[C@@H]1C[C@H](Oc2ccc(CC(=O)O)cc2)CN1. The molecule has 0 bridgehead atoms. The van der Waals surface area contributed by atoms with Gasteiger partial charge in [0.15, 0.2) is 0 Å². The van der Waals surface area contributed by atoms with E-state index in [0.717, 1.165) is 5.56 Å². The molecule has 20 heavy (non-hydrogen) atoms. The smallest absolute Gasteiger partial charge is 0.323 e. The molecular weight excluding hydrogens is 262 g/mol. The minimum Gasteiger partial charge on any atom is -0.489 e. The molecule has 1 aliphatic rings. The summed E-state index contributed by atoms with van der Waals surface area (Å²) in [6.45, 7) is 0.580. The summed E-state index contributed by atoms with van der Waals surface area (Å²) in [4.78, 5) is 21.9. The Morgan fingerprint density at radius 1 is 1.35 bits per heavy atom. The van der Waals surface area contributed by atoms with E-state index in [9.17, 15) is 9.59 Å². The molecule has 0 radical (unpaired) electrons. The molecule has 0 amide bonds.